The Morgan fingerprint density at radius 1 is 1.35 bits per heavy atom. The van der Waals surface area contributed by atoms with Crippen molar-refractivity contribution in [3.63, 3.8) is 0 Å². The van der Waals surface area contributed by atoms with Crippen LogP contribution < -0.4 is 5.32 Å². The Labute approximate surface area is 104 Å². The lowest BCUT2D eigenvalue weighted by molar-refractivity contribution is 0.0993. The number of anilines is 1. The zero-order chi connectivity index (χ0) is 11.7. The molecule has 2 heterocycles. The molecule has 1 aromatic heterocycles. The number of benzene rings is 1. The van der Waals surface area contributed by atoms with Gasteiger partial charge in [-0.15, -0.1) is 0 Å². The van der Waals surface area contributed by atoms with E-state index in [1.807, 2.05) is 29.0 Å². The molecule has 1 aliphatic heterocycles. The Balaban J connectivity index is 1.82. The molecule has 0 bridgehead atoms. The summed E-state index contributed by atoms with van der Waals surface area (Å²) in [7, 11) is 0. The third-order valence-corrected chi connectivity index (χ3v) is 3.82. The minimum atomic E-state index is 0.194. The van der Waals surface area contributed by atoms with Crippen molar-refractivity contribution in [2.24, 2.45) is 0 Å². The Kier molecular flexibility index (Phi) is 2.69. The number of carbonyl (C=O) groups is 1. The van der Waals surface area contributed by atoms with Crippen molar-refractivity contribution < 1.29 is 4.79 Å². The van der Waals surface area contributed by atoms with Crippen LogP contribution in [-0.2, 0) is 12.8 Å². The summed E-state index contributed by atoms with van der Waals surface area (Å²) < 4.78 is 0. The highest BCUT2D eigenvalue weighted by atomic mass is 32.1. The molecule has 86 valence electrons. The van der Waals surface area contributed by atoms with E-state index in [2.05, 4.69) is 11.4 Å². The molecule has 1 aliphatic rings. The Bertz CT molecular complexity index is 545. The second-order valence-electron chi connectivity index (χ2n) is 4.28. The maximum absolute atomic E-state index is 12.1. The van der Waals surface area contributed by atoms with Crippen LogP contribution in [0.3, 0.4) is 0 Å². The van der Waals surface area contributed by atoms with E-state index in [1.54, 1.807) is 11.3 Å². The van der Waals surface area contributed by atoms with Crippen LogP contribution in [0.5, 0.6) is 0 Å². The highest BCUT2D eigenvalue weighted by molar-refractivity contribution is 7.08. The molecule has 0 spiro atoms. The normalized spacial score (nSPS) is 13.2. The third-order valence-electron chi connectivity index (χ3n) is 3.09. The molecule has 0 amide bonds. The third kappa shape index (κ3) is 2.11. The number of rotatable bonds is 3. The Morgan fingerprint density at radius 3 is 3.12 bits per heavy atom. The van der Waals surface area contributed by atoms with Gasteiger partial charge in [0.15, 0.2) is 5.78 Å². The van der Waals surface area contributed by atoms with Gasteiger partial charge in [-0.05, 0) is 40.4 Å². The van der Waals surface area contributed by atoms with E-state index in [0.29, 0.717) is 6.42 Å². The fraction of sp³-hybridized carbons (Fsp3) is 0.214. The Hall–Kier alpha value is -1.61. The lowest BCUT2D eigenvalue weighted by Crippen LogP contribution is -2.03. The second-order valence-corrected chi connectivity index (χ2v) is 5.06. The fourth-order valence-electron chi connectivity index (χ4n) is 2.14. The molecule has 1 N–H and O–H groups in total. The number of thiophene rings is 1. The van der Waals surface area contributed by atoms with E-state index in [1.165, 1.54) is 5.56 Å². The summed E-state index contributed by atoms with van der Waals surface area (Å²) >= 11 is 1.63. The summed E-state index contributed by atoms with van der Waals surface area (Å²) in [6.45, 7) is 0.984. The average Bonchev–Trinajstić information content (AvgIpc) is 2.97. The van der Waals surface area contributed by atoms with Gasteiger partial charge in [0.2, 0.25) is 0 Å². The molecule has 2 nitrogen and oxygen atoms in total. The van der Waals surface area contributed by atoms with Gasteiger partial charge in [-0.3, -0.25) is 4.79 Å². The van der Waals surface area contributed by atoms with Crippen LogP contribution in [-0.4, -0.2) is 12.3 Å². The van der Waals surface area contributed by atoms with Crippen molar-refractivity contribution in [1.29, 1.82) is 0 Å². The first-order chi connectivity index (χ1) is 8.33. The number of Topliss-reactive ketones (excluding diaryl/α,β-unsaturated/α-hetero) is 1. The van der Waals surface area contributed by atoms with Gasteiger partial charge in [-0.25, -0.2) is 0 Å². The molecule has 2 aromatic rings. The maximum atomic E-state index is 12.1. The largest absolute Gasteiger partial charge is 0.384 e. The number of hydrogen-bond acceptors (Lipinski definition) is 3. The highest BCUT2D eigenvalue weighted by Crippen LogP contribution is 2.24. The SMILES string of the molecule is O=C(Cc1ccsc1)c1ccc2c(c1)NCC2. The van der Waals surface area contributed by atoms with Crippen LogP contribution in [0.1, 0.15) is 21.5 Å². The van der Waals surface area contributed by atoms with Crippen molar-refractivity contribution >= 4 is 22.8 Å². The van der Waals surface area contributed by atoms with Crippen molar-refractivity contribution in [3.8, 4) is 0 Å². The van der Waals surface area contributed by atoms with Crippen LogP contribution >= 0.6 is 11.3 Å². The van der Waals surface area contributed by atoms with Gasteiger partial charge in [0.25, 0.3) is 0 Å². The lowest BCUT2D eigenvalue weighted by atomic mass is 10.0. The summed E-state index contributed by atoms with van der Waals surface area (Å²) in [6.07, 6.45) is 1.57. The van der Waals surface area contributed by atoms with Gasteiger partial charge in [0.1, 0.15) is 0 Å². The minimum Gasteiger partial charge on any atom is -0.384 e. The minimum absolute atomic E-state index is 0.194. The van der Waals surface area contributed by atoms with Gasteiger partial charge >= 0.3 is 0 Å². The summed E-state index contributed by atoms with van der Waals surface area (Å²) in [5.41, 5.74) is 4.36. The van der Waals surface area contributed by atoms with Crippen LogP contribution in [0.2, 0.25) is 0 Å². The molecule has 3 rings (SSSR count). The van der Waals surface area contributed by atoms with Crippen molar-refractivity contribution in [1.82, 2.24) is 0 Å². The van der Waals surface area contributed by atoms with Crippen molar-refractivity contribution in [2.75, 3.05) is 11.9 Å². The molecule has 0 aliphatic carbocycles. The van der Waals surface area contributed by atoms with Gasteiger partial charge in [0, 0.05) is 24.2 Å². The van der Waals surface area contributed by atoms with E-state index in [9.17, 15) is 4.79 Å². The molecule has 0 saturated heterocycles. The van der Waals surface area contributed by atoms with E-state index >= 15 is 0 Å². The lowest BCUT2D eigenvalue weighted by Gasteiger charge is -2.03. The van der Waals surface area contributed by atoms with Crippen LogP contribution in [0.4, 0.5) is 5.69 Å². The number of carbonyl (C=O) groups excluding carboxylic acids is 1. The predicted octanol–water partition coefficient (Wildman–Crippen LogP) is 3.14. The van der Waals surface area contributed by atoms with E-state index in [0.717, 1.165) is 29.8 Å². The quantitative estimate of drug-likeness (QED) is 0.839. The molecule has 0 radical (unpaired) electrons. The first kappa shape index (κ1) is 10.5. The van der Waals surface area contributed by atoms with Crippen molar-refractivity contribution in [3.05, 3.63) is 51.7 Å². The summed E-state index contributed by atoms with van der Waals surface area (Å²) in [5.74, 6) is 0.194. The number of ketones is 1. The van der Waals surface area contributed by atoms with Gasteiger partial charge in [-0.2, -0.15) is 11.3 Å². The molecule has 0 atom stereocenters. The molecular formula is C14H13NOS. The van der Waals surface area contributed by atoms with E-state index in [-0.39, 0.29) is 5.78 Å². The molecular weight excluding hydrogens is 230 g/mol. The van der Waals surface area contributed by atoms with Gasteiger partial charge in [0.05, 0.1) is 0 Å². The molecule has 0 unspecified atom stereocenters. The monoisotopic (exact) mass is 243 g/mol. The molecule has 0 fully saturated rings. The first-order valence-corrected chi connectivity index (χ1v) is 6.68. The highest BCUT2D eigenvalue weighted by Gasteiger charge is 2.13. The average molecular weight is 243 g/mol. The smallest absolute Gasteiger partial charge is 0.167 e. The zero-order valence-corrected chi connectivity index (χ0v) is 10.2. The second kappa shape index (κ2) is 4.34. The van der Waals surface area contributed by atoms with Gasteiger partial charge < -0.3 is 5.32 Å². The van der Waals surface area contributed by atoms with Crippen LogP contribution in [0, 0.1) is 0 Å². The molecule has 17 heavy (non-hydrogen) atoms. The van der Waals surface area contributed by atoms with Gasteiger partial charge in [-0.1, -0.05) is 12.1 Å². The van der Waals surface area contributed by atoms with Crippen molar-refractivity contribution in [2.45, 2.75) is 12.8 Å². The number of hydrogen-bond donors (Lipinski definition) is 1. The van der Waals surface area contributed by atoms with E-state index in [4.69, 9.17) is 0 Å². The van der Waals surface area contributed by atoms with Crippen LogP contribution in [0.15, 0.2) is 35.0 Å². The molecule has 3 heteroatoms. The summed E-state index contributed by atoms with van der Waals surface area (Å²) in [6, 6.07) is 8.00. The van der Waals surface area contributed by atoms with E-state index < -0.39 is 0 Å². The first-order valence-electron chi connectivity index (χ1n) is 5.74. The number of fused-ring (bicyclic) bond motifs is 1. The summed E-state index contributed by atoms with van der Waals surface area (Å²) in [4.78, 5) is 12.1. The topological polar surface area (TPSA) is 29.1 Å². The standard InChI is InChI=1S/C14H13NOS/c16-14(7-10-4-6-17-9-10)12-2-1-11-3-5-15-13(11)8-12/h1-2,4,6,8-9,15H,3,5,7H2. The fourth-order valence-corrected chi connectivity index (χ4v) is 2.81. The predicted molar refractivity (Wildman–Crippen MR) is 71.0 cm³/mol. The van der Waals surface area contributed by atoms with Crippen LogP contribution in [0.25, 0.3) is 0 Å². The number of nitrogens with one attached hydrogen (secondary N) is 1. The summed E-state index contributed by atoms with van der Waals surface area (Å²) in [5, 5.41) is 7.34. The molecule has 0 saturated carbocycles. The molecule has 1 aromatic carbocycles. The zero-order valence-electron chi connectivity index (χ0n) is 9.40. The maximum Gasteiger partial charge on any atom is 0.167 e. The Morgan fingerprint density at radius 2 is 2.29 bits per heavy atom.